The van der Waals surface area contributed by atoms with Gasteiger partial charge in [-0.05, 0) is 30.3 Å². The summed E-state index contributed by atoms with van der Waals surface area (Å²) in [6.45, 7) is 1.26. The molecule has 2 heterocycles. The molecule has 3 aromatic rings. The standard InChI is InChI=1S/C20H12ClF2N3O2S/c1-10(27)26(18-5-3-12(22)7-16(18)23)20-24-13(9-29-20)8-15-14-4-2-11(21)6-17(14)25-19(15)28/h2-9H,1H3,(H,25,28)/b15-8-. The van der Waals surface area contributed by atoms with Crippen molar-refractivity contribution in [1.29, 1.82) is 0 Å². The number of carbonyl (C=O) groups excluding carboxylic acids is 2. The first-order valence-electron chi connectivity index (χ1n) is 8.38. The van der Waals surface area contributed by atoms with Crippen LogP contribution >= 0.6 is 22.9 Å². The summed E-state index contributed by atoms with van der Waals surface area (Å²) in [5, 5.41) is 5.07. The Morgan fingerprint density at radius 1 is 1.24 bits per heavy atom. The van der Waals surface area contributed by atoms with Crippen molar-refractivity contribution in [2.45, 2.75) is 6.92 Å². The topological polar surface area (TPSA) is 62.3 Å². The summed E-state index contributed by atoms with van der Waals surface area (Å²) in [6, 6.07) is 8.00. The lowest BCUT2D eigenvalue weighted by Crippen LogP contribution is -2.23. The van der Waals surface area contributed by atoms with Crippen LogP contribution in [0.1, 0.15) is 18.2 Å². The molecule has 0 saturated heterocycles. The van der Waals surface area contributed by atoms with Crippen LogP contribution in [0.2, 0.25) is 5.02 Å². The van der Waals surface area contributed by atoms with Gasteiger partial charge in [-0.3, -0.25) is 14.5 Å². The number of carbonyl (C=O) groups is 2. The molecule has 2 aromatic carbocycles. The highest BCUT2D eigenvalue weighted by molar-refractivity contribution is 7.14. The van der Waals surface area contributed by atoms with Crippen LogP contribution in [0.15, 0.2) is 41.8 Å². The number of nitrogens with zero attached hydrogens (tertiary/aromatic N) is 2. The smallest absolute Gasteiger partial charge is 0.256 e. The lowest BCUT2D eigenvalue weighted by Gasteiger charge is -2.18. The van der Waals surface area contributed by atoms with Gasteiger partial charge in [0.15, 0.2) is 5.13 Å². The Hall–Kier alpha value is -3.10. The Labute approximate surface area is 173 Å². The third-order valence-electron chi connectivity index (χ3n) is 4.22. The lowest BCUT2D eigenvalue weighted by atomic mass is 10.1. The molecule has 0 atom stereocenters. The van der Waals surface area contributed by atoms with Gasteiger partial charge in [-0.15, -0.1) is 11.3 Å². The third-order valence-corrected chi connectivity index (χ3v) is 5.30. The number of anilines is 3. The molecule has 1 aromatic heterocycles. The number of benzene rings is 2. The number of nitrogens with one attached hydrogen (secondary N) is 1. The van der Waals surface area contributed by atoms with Gasteiger partial charge in [0.05, 0.1) is 22.6 Å². The van der Waals surface area contributed by atoms with Crippen molar-refractivity contribution >= 4 is 62.9 Å². The summed E-state index contributed by atoms with van der Waals surface area (Å²) in [7, 11) is 0. The molecule has 146 valence electrons. The molecule has 0 spiro atoms. The molecule has 1 aliphatic rings. The van der Waals surface area contributed by atoms with E-state index in [2.05, 4.69) is 10.3 Å². The molecule has 0 aliphatic carbocycles. The van der Waals surface area contributed by atoms with Crippen LogP contribution in [-0.4, -0.2) is 16.8 Å². The van der Waals surface area contributed by atoms with Crippen molar-refractivity contribution in [3.63, 3.8) is 0 Å². The maximum atomic E-state index is 14.2. The predicted molar refractivity (Wildman–Crippen MR) is 109 cm³/mol. The van der Waals surface area contributed by atoms with Gasteiger partial charge < -0.3 is 5.32 Å². The van der Waals surface area contributed by atoms with Crippen molar-refractivity contribution in [3.8, 4) is 0 Å². The Balaban J connectivity index is 1.72. The number of hydrogen-bond acceptors (Lipinski definition) is 4. The quantitative estimate of drug-likeness (QED) is 0.576. The second-order valence-electron chi connectivity index (χ2n) is 6.21. The van der Waals surface area contributed by atoms with E-state index in [1.165, 1.54) is 13.0 Å². The number of aromatic nitrogens is 1. The highest BCUT2D eigenvalue weighted by Gasteiger charge is 2.25. The Kier molecular flexibility index (Phi) is 4.89. The number of amides is 2. The molecular weight excluding hydrogens is 420 g/mol. The first-order valence-corrected chi connectivity index (χ1v) is 9.63. The van der Waals surface area contributed by atoms with Crippen molar-refractivity contribution in [2.24, 2.45) is 0 Å². The van der Waals surface area contributed by atoms with Crippen LogP contribution in [0.5, 0.6) is 0 Å². The summed E-state index contributed by atoms with van der Waals surface area (Å²) in [6.07, 6.45) is 1.58. The van der Waals surface area contributed by atoms with Crippen LogP contribution in [0.4, 0.5) is 25.3 Å². The zero-order chi connectivity index (χ0) is 20.7. The van der Waals surface area contributed by atoms with Gasteiger partial charge in [0.2, 0.25) is 5.91 Å². The fourth-order valence-corrected chi connectivity index (χ4v) is 3.98. The third kappa shape index (κ3) is 3.64. The van der Waals surface area contributed by atoms with Crippen LogP contribution in [0.25, 0.3) is 11.6 Å². The van der Waals surface area contributed by atoms with E-state index in [1.807, 2.05) is 0 Å². The maximum absolute atomic E-state index is 14.2. The van der Waals surface area contributed by atoms with Crippen molar-refractivity contribution in [2.75, 3.05) is 10.2 Å². The summed E-state index contributed by atoms with van der Waals surface area (Å²) in [4.78, 5) is 29.8. The van der Waals surface area contributed by atoms with Crippen LogP contribution in [0, 0.1) is 11.6 Å². The first kappa shape index (κ1) is 19.2. The normalized spacial score (nSPS) is 14.1. The van der Waals surface area contributed by atoms with E-state index in [0.717, 1.165) is 22.3 Å². The molecule has 5 nitrogen and oxygen atoms in total. The van der Waals surface area contributed by atoms with Gasteiger partial charge in [0.25, 0.3) is 5.91 Å². The maximum Gasteiger partial charge on any atom is 0.256 e. The van der Waals surface area contributed by atoms with Crippen molar-refractivity contribution in [3.05, 3.63) is 69.7 Å². The van der Waals surface area contributed by atoms with Gasteiger partial charge >= 0.3 is 0 Å². The summed E-state index contributed by atoms with van der Waals surface area (Å²) in [5.41, 5.74) is 2.00. The van der Waals surface area contributed by atoms with Crippen LogP contribution in [-0.2, 0) is 9.59 Å². The number of hydrogen-bond donors (Lipinski definition) is 1. The number of thiazole rings is 1. The lowest BCUT2D eigenvalue weighted by molar-refractivity contribution is -0.116. The van der Waals surface area contributed by atoms with E-state index in [-0.39, 0.29) is 16.7 Å². The van der Waals surface area contributed by atoms with Crippen LogP contribution < -0.4 is 10.2 Å². The molecule has 0 fully saturated rings. The van der Waals surface area contributed by atoms with E-state index < -0.39 is 17.5 Å². The molecule has 29 heavy (non-hydrogen) atoms. The van der Waals surface area contributed by atoms with E-state index in [0.29, 0.717) is 33.6 Å². The SMILES string of the molecule is CC(=O)N(c1nc(/C=C2\C(=O)Nc3cc(Cl)ccc32)cs1)c1ccc(F)cc1F. The monoisotopic (exact) mass is 431 g/mol. The molecule has 1 aliphatic heterocycles. The summed E-state index contributed by atoms with van der Waals surface area (Å²) >= 11 is 7.05. The zero-order valence-corrected chi connectivity index (χ0v) is 16.4. The van der Waals surface area contributed by atoms with Crippen molar-refractivity contribution < 1.29 is 18.4 Å². The molecule has 0 bridgehead atoms. The van der Waals surface area contributed by atoms with Gasteiger partial charge in [-0.25, -0.2) is 13.8 Å². The average Bonchev–Trinajstić information content (AvgIpc) is 3.22. The molecule has 2 amide bonds. The molecule has 0 saturated carbocycles. The Morgan fingerprint density at radius 3 is 2.76 bits per heavy atom. The van der Waals surface area contributed by atoms with Gasteiger partial charge in [0.1, 0.15) is 11.6 Å². The van der Waals surface area contributed by atoms with E-state index in [4.69, 9.17) is 11.6 Å². The molecule has 9 heteroatoms. The molecular formula is C20H12ClF2N3O2S. The fraction of sp³-hybridized carbons (Fsp3) is 0.0500. The van der Waals surface area contributed by atoms with Gasteiger partial charge in [0, 0.05) is 29.0 Å². The minimum atomic E-state index is -0.878. The van der Waals surface area contributed by atoms with Gasteiger partial charge in [-0.2, -0.15) is 0 Å². The number of halogens is 3. The average molecular weight is 432 g/mol. The highest BCUT2D eigenvalue weighted by atomic mass is 35.5. The first-order chi connectivity index (χ1) is 13.8. The number of rotatable bonds is 3. The van der Waals surface area contributed by atoms with E-state index in [1.54, 1.807) is 29.7 Å². The van der Waals surface area contributed by atoms with Crippen LogP contribution in [0.3, 0.4) is 0 Å². The zero-order valence-electron chi connectivity index (χ0n) is 14.9. The number of fused-ring (bicyclic) bond motifs is 1. The van der Waals surface area contributed by atoms with Crippen molar-refractivity contribution in [1.82, 2.24) is 4.98 Å². The fourth-order valence-electron chi connectivity index (χ4n) is 2.97. The molecule has 0 unspecified atom stereocenters. The highest BCUT2D eigenvalue weighted by Crippen LogP contribution is 2.36. The Morgan fingerprint density at radius 2 is 2.03 bits per heavy atom. The molecule has 0 radical (unpaired) electrons. The van der Waals surface area contributed by atoms with Gasteiger partial charge in [-0.1, -0.05) is 17.7 Å². The minimum Gasteiger partial charge on any atom is -0.321 e. The molecule has 4 rings (SSSR count). The second kappa shape index (κ2) is 7.38. The van der Waals surface area contributed by atoms with E-state index in [9.17, 15) is 18.4 Å². The molecule has 1 N–H and O–H groups in total. The minimum absolute atomic E-state index is 0.106. The largest absolute Gasteiger partial charge is 0.321 e. The van der Waals surface area contributed by atoms with E-state index >= 15 is 0 Å². The summed E-state index contributed by atoms with van der Waals surface area (Å²) < 4.78 is 27.4. The summed E-state index contributed by atoms with van der Waals surface area (Å²) in [5.74, 6) is -2.41. The predicted octanol–water partition coefficient (Wildman–Crippen LogP) is 5.25. The Bertz CT molecular complexity index is 1190. The second-order valence-corrected chi connectivity index (χ2v) is 7.48.